The molecule has 1 fully saturated rings. The van der Waals surface area contributed by atoms with E-state index < -0.39 is 0 Å². The summed E-state index contributed by atoms with van der Waals surface area (Å²) in [5.74, 6) is -0.415. The van der Waals surface area contributed by atoms with E-state index in [0.717, 1.165) is 47.0 Å². The zero-order valence-electron chi connectivity index (χ0n) is 17.0. The molecule has 2 aromatic carbocycles. The topological polar surface area (TPSA) is 66.7 Å². The molecule has 5 rings (SSSR count). The highest BCUT2D eigenvalue weighted by Gasteiger charge is 2.29. The molecule has 30 heavy (non-hydrogen) atoms. The van der Waals surface area contributed by atoms with Gasteiger partial charge >= 0.3 is 0 Å². The molecule has 0 saturated heterocycles. The number of hydrazone groups is 1. The molecular weight excluding hydrogens is 376 g/mol. The summed E-state index contributed by atoms with van der Waals surface area (Å²) < 4.78 is 2.00. The Hall–Kier alpha value is -3.41. The number of para-hydroxylation sites is 1. The van der Waals surface area contributed by atoms with Crippen LogP contribution in [0.4, 0.5) is 0 Å². The van der Waals surface area contributed by atoms with Gasteiger partial charge in [0, 0.05) is 16.9 Å². The van der Waals surface area contributed by atoms with Gasteiger partial charge in [0.25, 0.3) is 5.91 Å². The first kappa shape index (κ1) is 18.6. The Kier molecular flexibility index (Phi) is 4.62. The van der Waals surface area contributed by atoms with E-state index in [4.69, 9.17) is 0 Å². The Morgan fingerprint density at radius 2 is 1.90 bits per heavy atom. The summed E-state index contributed by atoms with van der Waals surface area (Å²) in [5.41, 5.74) is 4.41. The number of fused-ring (bicyclic) bond motifs is 3. The van der Waals surface area contributed by atoms with E-state index in [9.17, 15) is 9.59 Å². The van der Waals surface area contributed by atoms with Crippen LogP contribution in [0.5, 0.6) is 0 Å². The smallest absolute Gasteiger partial charge is 0.291 e. The van der Waals surface area contributed by atoms with Crippen molar-refractivity contribution < 1.29 is 9.59 Å². The monoisotopic (exact) mass is 400 g/mol. The molecule has 1 aromatic heterocycles. The van der Waals surface area contributed by atoms with Crippen molar-refractivity contribution in [2.75, 3.05) is 6.54 Å². The number of aryl methyl sites for hydroxylation is 1. The number of carbonyl (C=O) groups is 2. The second kappa shape index (κ2) is 7.44. The van der Waals surface area contributed by atoms with Crippen molar-refractivity contribution in [3.05, 3.63) is 71.4 Å². The number of hydrogen-bond donors (Lipinski definition) is 1. The van der Waals surface area contributed by atoms with Crippen molar-refractivity contribution in [2.45, 2.75) is 38.8 Å². The van der Waals surface area contributed by atoms with E-state index in [1.165, 1.54) is 5.01 Å². The fraction of sp³-hybridized carbons (Fsp3) is 0.292. The first-order valence-electron chi connectivity index (χ1n) is 10.4. The van der Waals surface area contributed by atoms with Gasteiger partial charge in [-0.3, -0.25) is 9.59 Å². The van der Waals surface area contributed by atoms with Crippen LogP contribution in [0, 0.1) is 6.92 Å². The minimum atomic E-state index is -0.253. The number of hydrogen-bond acceptors (Lipinski definition) is 3. The normalized spacial score (nSPS) is 16.6. The van der Waals surface area contributed by atoms with Crippen LogP contribution in [0.15, 0.2) is 59.7 Å². The third kappa shape index (κ3) is 3.38. The summed E-state index contributed by atoms with van der Waals surface area (Å²) in [6.45, 7) is 2.43. The summed E-state index contributed by atoms with van der Waals surface area (Å²) in [4.78, 5) is 25.9. The lowest BCUT2D eigenvalue weighted by Gasteiger charge is -2.27. The molecule has 1 N–H and O–H groups in total. The minimum absolute atomic E-state index is 0.0772. The Bertz CT molecular complexity index is 1160. The molecule has 2 heterocycles. The minimum Gasteiger partial charge on any atom is -0.352 e. The van der Waals surface area contributed by atoms with Crippen molar-refractivity contribution in [1.29, 1.82) is 0 Å². The van der Waals surface area contributed by atoms with Gasteiger partial charge in [-0.15, -0.1) is 0 Å². The summed E-state index contributed by atoms with van der Waals surface area (Å²) in [6.07, 6.45) is 3.15. The molecule has 1 saturated carbocycles. The first-order chi connectivity index (χ1) is 14.6. The number of amides is 2. The van der Waals surface area contributed by atoms with Crippen LogP contribution >= 0.6 is 0 Å². The fourth-order valence-electron chi connectivity index (χ4n) is 4.03. The molecule has 6 nitrogen and oxygen atoms in total. The maximum absolute atomic E-state index is 13.4. The molecule has 0 unspecified atom stereocenters. The van der Waals surface area contributed by atoms with Crippen LogP contribution in [0.1, 0.15) is 40.9 Å². The van der Waals surface area contributed by atoms with Gasteiger partial charge in [0.05, 0.1) is 12.3 Å². The number of rotatable bonds is 4. The highest BCUT2D eigenvalue weighted by Crippen LogP contribution is 2.25. The van der Waals surface area contributed by atoms with Crippen LogP contribution in [0.2, 0.25) is 0 Å². The quantitative estimate of drug-likeness (QED) is 0.729. The number of carbonyl (C=O) groups excluding carboxylic acids is 2. The average molecular weight is 400 g/mol. The van der Waals surface area contributed by atoms with Gasteiger partial charge in [0.15, 0.2) is 0 Å². The molecular formula is C24H24N4O2. The Morgan fingerprint density at radius 1 is 1.13 bits per heavy atom. The second-order valence-electron chi connectivity index (χ2n) is 8.15. The third-order valence-electron chi connectivity index (χ3n) is 5.96. The molecule has 1 aliphatic carbocycles. The lowest BCUT2D eigenvalue weighted by Crippen LogP contribution is -2.45. The third-order valence-corrected chi connectivity index (χ3v) is 5.96. The van der Waals surface area contributed by atoms with Crippen LogP contribution in [-0.4, -0.2) is 39.7 Å². The van der Waals surface area contributed by atoms with E-state index in [2.05, 4.69) is 10.4 Å². The van der Waals surface area contributed by atoms with Gasteiger partial charge in [-0.2, -0.15) is 5.10 Å². The number of nitrogens with one attached hydrogen (secondary N) is 1. The second-order valence-corrected chi connectivity index (χ2v) is 8.15. The first-order valence-corrected chi connectivity index (χ1v) is 10.4. The largest absolute Gasteiger partial charge is 0.352 e. The van der Waals surface area contributed by atoms with Gasteiger partial charge in [0.1, 0.15) is 12.2 Å². The molecule has 2 aliphatic rings. The molecule has 152 valence electrons. The standard InChI is InChI=1S/C24H24N4O2/c1-16-9-11-17(12-10-16)20-14-27-21-8-3-2-5-18(21)13-22(27)24(30)28(26-20)15-23(29)25-19-6-4-7-19/h2-3,5,8-13,19H,4,6-7,14-15H2,1H3,(H,25,29). The predicted molar refractivity (Wildman–Crippen MR) is 116 cm³/mol. The van der Waals surface area contributed by atoms with E-state index in [-0.39, 0.29) is 24.4 Å². The number of benzene rings is 2. The van der Waals surface area contributed by atoms with Crippen molar-refractivity contribution in [2.24, 2.45) is 5.10 Å². The molecule has 2 amide bonds. The summed E-state index contributed by atoms with van der Waals surface area (Å²) in [5, 5.41) is 9.99. The molecule has 0 atom stereocenters. The van der Waals surface area contributed by atoms with E-state index in [0.29, 0.717) is 12.2 Å². The molecule has 0 bridgehead atoms. The molecule has 0 spiro atoms. The molecule has 3 aromatic rings. The zero-order valence-corrected chi connectivity index (χ0v) is 17.0. The van der Waals surface area contributed by atoms with Crippen LogP contribution < -0.4 is 5.32 Å². The number of nitrogens with zero attached hydrogens (tertiary/aromatic N) is 3. The van der Waals surface area contributed by atoms with Crippen molar-refractivity contribution in [1.82, 2.24) is 14.9 Å². The highest BCUT2D eigenvalue weighted by molar-refractivity contribution is 6.07. The van der Waals surface area contributed by atoms with E-state index in [1.54, 1.807) is 0 Å². The lowest BCUT2D eigenvalue weighted by atomic mass is 9.93. The van der Waals surface area contributed by atoms with Gasteiger partial charge < -0.3 is 9.88 Å². The van der Waals surface area contributed by atoms with Gasteiger partial charge in [0.2, 0.25) is 5.91 Å². The lowest BCUT2D eigenvalue weighted by molar-refractivity contribution is -0.123. The predicted octanol–water partition coefficient (Wildman–Crippen LogP) is 3.48. The number of aromatic nitrogens is 1. The summed E-state index contributed by atoms with van der Waals surface area (Å²) in [6, 6.07) is 18.2. The summed E-state index contributed by atoms with van der Waals surface area (Å²) in [7, 11) is 0. The van der Waals surface area contributed by atoms with E-state index in [1.807, 2.05) is 66.1 Å². The average Bonchev–Trinajstić information content (AvgIpc) is 3.02. The van der Waals surface area contributed by atoms with Gasteiger partial charge in [-0.1, -0.05) is 48.0 Å². The fourth-order valence-corrected chi connectivity index (χ4v) is 4.03. The van der Waals surface area contributed by atoms with E-state index >= 15 is 0 Å². The maximum Gasteiger partial charge on any atom is 0.291 e. The van der Waals surface area contributed by atoms with Crippen molar-refractivity contribution in [3.63, 3.8) is 0 Å². The highest BCUT2D eigenvalue weighted by atomic mass is 16.2. The van der Waals surface area contributed by atoms with Crippen LogP contribution in [-0.2, 0) is 11.3 Å². The summed E-state index contributed by atoms with van der Waals surface area (Å²) >= 11 is 0. The molecule has 0 radical (unpaired) electrons. The Balaban J connectivity index is 1.55. The van der Waals surface area contributed by atoms with Crippen LogP contribution in [0.3, 0.4) is 0 Å². The van der Waals surface area contributed by atoms with Gasteiger partial charge in [-0.05, 0) is 43.9 Å². The van der Waals surface area contributed by atoms with Gasteiger partial charge in [-0.25, -0.2) is 5.01 Å². The van der Waals surface area contributed by atoms with Crippen LogP contribution in [0.25, 0.3) is 10.9 Å². The van der Waals surface area contributed by atoms with Crippen molar-refractivity contribution >= 4 is 28.4 Å². The molecule has 1 aliphatic heterocycles. The maximum atomic E-state index is 13.4. The Labute approximate surface area is 175 Å². The SMILES string of the molecule is Cc1ccc(C2=NN(CC(=O)NC3CCC3)C(=O)c3cc4ccccc4n3C2)cc1. The molecule has 6 heteroatoms. The zero-order chi connectivity index (χ0) is 20.7. The van der Waals surface area contributed by atoms with Crippen molar-refractivity contribution in [3.8, 4) is 0 Å². The Morgan fingerprint density at radius 3 is 2.63 bits per heavy atom.